The fourth-order valence-corrected chi connectivity index (χ4v) is 1.93. The molecule has 96 valence electrons. The summed E-state index contributed by atoms with van der Waals surface area (Å²) in [5, 5.41) is 2.84. The number of carbonyl (C=O) groups excluding carboxylic acids is 2. The molecule has 0 aliphatic heterocycles. The van der Waals surface area contributed by atoms with Crippen LogP contribution in [0.25, 0.3) is 0 Å². The summed E-state index contributed by atoms with van der Waals surface area (Å²) in [6.45, 7) is 5.52. The van der Waals surface area contributed by atoms with E-state index >= 15 is 0 Å². The van der Waals surface area contributed by atoms with Crippen LogP contribution in [0.15, 0.2) is 12.1 Å². The minimum atomic E-state index is -0.0681. The van der Waals surface area contributed by atoms with Crippen molar-refractivity contribution in [1.82, 2.24) is 0 Å². The molecule has 0 bridgehead atoms. The molecule has 18 heavy (non-hydrogen) atoms. The zero-order chi connectivity index (χ0) is 13.7. The van der Waals surface area contributed by atoms with E-state index in [2.05, 4.69) is 5.32 Å². The Labute approximate surface area is 109 Å². The Morgan fingerprint density at radius 1 is 1.28 bits per heavy atom. The minimum Gasteiger partial charge on any atom is -0.326 e. The number of nitrogens with one attached hydrogen (secondary N) is 1. The largest absolute Gasteiger partial charge is 0.326 e. The van der Waals surface area contributed by atoms with Crippen LogP contribution in [0.2, 0.25) is 6.32 Å². The van der Waals surface area contributed by atoms with E-state index in [1.165, 1.54) is 6.92 Å². The maximum Gasteiger partial charge on any atom is 0.221 e. The molecule has 0 fully saturated rings. The van der Waals surface area contributed by atoms with Gasteiger partial charge in [-0.05, 0) is 42.4 Å². The van der Waals surface area contributed by atoms with Gasteiger partial charge in [0.05, 0.1) is 0 Å². The first-order valence-electron chi connectivity index (χ1n) is 6.39. The Kier molecular flexibility index (Phi) is 5.14. The summed E-state index contributed by atoms with van der Waals surface area (Å²) >= 11 is 0. The zero-order valence-corrected chi connectivity index (χ0v) is 11.6. The van der Waals surface area contributed by atoms with Gasteiger partial charge in [-0.15, -0.1) is 0 Å². The fraction of sp³-hybridized carbons (Fsp3) is 0.429. The Bertz CT molecular complexity index is 469. The maximum atomic E-state index is 11.5. The average molecular weight is 245 g/mol. The molecule has 4 heteroatoms. The van der Waals surface area contributed by atoms with Gasteiger partial charge in [-0.2, -0.15) is 0 Å². The molecule has 0 spiro atoms. The summed E-state index contributed by atoms with van der Waals surface area (Å²) < 4.78 is 0. The van der Waals surface area contributed by atoms with E-state index in [9.17, 15) is 9.59 Å². The lowest BCUT2D eigenvalue weighted by molar-refractivity contribution is -0.116. The third-order valence-corrected chi connectivity index (χ3v) is 3.04. The molecule has 1 aromatic rings. The summed E-state index contributed by atoms with van der Waals surface area (Å²) in [7, 11) is 1.88. The van der Waals surface area contributed by atoms with Crippen molar-refractivity contribution < 1.29 is 9.59 Å². The summed E-state index contributed by atoms with van der Waals surface area (Å²) in [6, 6.07) is 3.99. The maximum absolute atomic E-state index is 11.5. The van der Waals surface area contributed by atoms with Crippen LogP contribution in [0.5, 0.6) is 0 Å². The highest BCUT2D eigenvalue weighted by Crippen LogP contribution is 2.22. The van der Waals surface area contributed by atoms with Crippen molar-refractivity contribution in [3.05, 3.63) is 28.8 Å². The van der Waals surface area contributed by atoms with Gasteiger partial charge >= 0.3 is 0 Å². The number of ketones is 1. The molecule has 0 aliphatic rings. The van der Waals surface area contributed by atoms with Crippen LogP contribution < -0.4 is 5.32 Å². The highest BCUT2D eigenvalue weighted by Gasteiger charge is 2.10. The highest BCUT2D eigenvalue weighted by molar-refractivity contribution is 6.20. The van der Waals surface area contributed by atoms with E-state index in [1.807, 2.05) is 33.8 Å². The van der Waals surface area contributed by atoms with E-state index in [-0.39, 0.29) is 11.7 Å². The topological polar surface area (TPSA) is 46.2 Å². The molecule has 1 aromatic carbocycles. The van der Waals surface area contributed by atoms with Gasteiger partial charge in [-0.25, -0.2) is 0 Å². The van der Waals surface area contributed by atoms with E-state index in [0.29, 0.717) is 12.7 Å². The predicted octanol–water partition coefficient (Wildman–Crippen LogP) is 1.68. The van der Waals surface area contributed by atoms with Gasteiger partial charge in [-0.1, -0.05) is 13.0 Å². The van der Waals surface area contributed by atoms with Crippen LogP contribution in [0.4, 0.5) is 5.69 Å². The number of hydrogen-bond acceptors (Lipinski definition) is 2. The Hall–Kier alpha value is -1.58. The smallest absolute Gasteiger partial charge is 0.221 e. The Morgan fingerprint density at radius 3 is 2.44 bits per heavy atom. The van der Waals surface area contributed by atoms with E-state index in [4.69, 9.17) is 0 Å². The summed E-state index contributed by atoms with van der Waals surface area (Å²) in [5.41, 5.74) is 4.05. The number of Topliss-reactive ketones (excluding diaryl/α,β-unsaturated/α-hetero) is 1. The van der Waals surface area contributed by atoms with Crippen molar-refractivity contribution in [1.29, 1.82) is 0 Å². The number of amides is 1. The van der Waals surface area contributed by atoms with Crippen LogP contribution in [-0.2, 0) is 22.4 Å². The van der Waals surface area contributed by atoms with Crippen LogP contribution in [-0.4, -0.2) is 19.5 Å². The van der Waals surface area contributed by atoms with Crippen molar-refractivity contribution in [3.8, 4) is 0 Å². The molecule has 0 saturated heterocycles. The monoisotopic (exact) mass is 245 g/mol. The number of benzene rings is 1. The molecule has 0 aromatic heterocycles. The molecule has 0 radical (unpaired) electrons. The molecule has 0 unspecified atom stereocenters. The second kappa shape index (κ2) is 6.38. The van der Waals surface area contributed by atoms with Gasteiger partial charge in [0.25, 0.3) is 0 Å². The second-order valence-corrected chi connectivity index (χ2v) is 4.54. The molecular formula is C14H20BNO2. The fourth-order valence-electron chi connectivity index (χ4n) is 1.93. The lowest BCUT2D eigenvalue weighted by atomic mass is 9.92. The van der Waals surface area contributed by atoms with Gasteiger partial charge in [0, 0.05) is 19.0 Å². The van der Waals surface area contributed by atoms with Crippen LogP contribution in [0.1, 0.15) is 30.5 Å². The number of carbonyl (C=O) groups is 2. The summed E-state index contributed by atoms with van der Waals surface area (Å²) in [4.78, 5) is 22.7. The lowest BCUT2D eigenvalue weighted by Gasteiger charge is -2.13. The number of aryl methyl sites for hydroxylation is 2. The van der Waals surface area contributed by atoms with Gasteiger partial charge in [0.15, 0.2) is 0 Å². The Morgan fingerprint density at radius 2 is 1.94 bits per heavy atom. The zero-order valence-electron chi connectivity index (χ0n) is 11.6. The third kappa shape index (κ3) is 3.72. The molecule has 1 N–H and O–H groups in total. The molecule has 0 saturated carbocycles. The van der Waals surface area contributed by atoms with E-state index in [0.717, 1.165) is 28.8 Å². The van der Waals surface area contributed by atoms with Crippen LogP contribution in [0.3, 0.4) is 0 Å². The summed E-state index contributed by atoms with van der Waals surface area (Å²) in [6.07, 6.45) is 1.88. The van der Waals surface area contributed by atoms with E-state index < -0.39 is 0 Å². The third-order valence-electron chi connectivity index (χ3n) is 3.04. The molecule has 1 rings (SSSR count). The number of rotatable bonds is 5. The van der Waals surface area contributed by atoms with Gasteiger partial charge in [0.2, 0.25) is 5.91 Å². The molecule has 0 heterocycles. The molecule has 3 nitrogen and oxygen atoms in total. The second-order valence-electron chi connectivity index (χ2n) is 4.54. The molecule has 0 atom stereocenters. The van der Waals surface area contributed by atoms with Crippen LogP contribution >= 0.6 is 0 Å². The van der Waals surface area contributed by atoms with Gasteiger partial charge < -0.3 is 10.1 Å². The molecule has 1 amide bonds. The minimum absolute atomic E-state index is 0.0681. The van der Waals surface area contributed by atoms with Crippen molar-refractivity contribution in [2.75, 3.05) is 5.32 Å². The van der Waals surface area contributed by atoms with Gasteiger partial charge in [0.1, 0.15) is 13.6 Å². The lowest BCUT2D eigenvalue weighted by Crippen LogP contribution is -2.10. The molecule has 0 aliphatic carbocycles. The molecular weight excluding hydrogens is 225 g/mol. The average Bonchev–Trinajstić information content (AvgIpc) is 2.31. The van der Waals surface area contributed by atoms with Gasteiger partial charge in [-0.3, -0.25) is 4.79 Å². The summed E-state index contributed by atoms with van der Waals surface area (Å²) in [5.74, 6) is 0.175. The standard InChI is InChI=1S/C14H20BNO2/c1-4-11-6-12(7-13(18)8-15)9(2)5-14(11)16-10(3)17/h5-6H,4,7-8,15H2,1-3H3,(H,16,17). The Balaban J connectivity index is 3.09. The first-order chi connectivity index (χ1) is 8.47. The first-order valence-corrected chi connectivity index (χ1v) is 6.39. The quantitative estimate of drug-likeness (QED) is 0.802. The van der Waals surface area contributed by atoms with Crippen LogP contribution in [0, 0.1) is 6.92 Å². The number of anilines is 1. The normalized spacial score (nSPS) is 10.2. The predicted molar refractivity (Wildman–Crippen MR) is 76.9 cm³/mol. The highest BCUT2D eigenvalue weighted by atomic mass is 16.1. The first kappa shape index (κ1) is 14.5. The van der Waals surface area contributed by atoms with Crippen molar-refractivity contribution in [2.24, 2.45) is 0 Å². The SMILES string of the molecule is BCC(=O)Cc1cc(CC)c(NC(C)=O)cc1C. The van der Waals surface area contributed by atoms with E-state index in [1.54, 1.807) is 0 Å². The number of hydrogen-bond donors (Lipinski definition) is 1. The van der Waals surface area contributed by atoms with Crippen molar-refractivity contribution in [2.45, 2.75) is 39.9 Å². The van der Waals surface area contributed by atoms with Crippen molar-refractivity contribution in [3.63, 3.8) is 0 Å². The van der Waals surface area contributed by atoms with Crippen molar-refractivity contribution >= 4 is 25.2 Å².